The van der Waals surface area contributed by atoms with Gasteiger partial charge in [0.15, 0.2) is 0 Å². The van der Waals surface area contributed by atoms with Crippen LogP contribution in [0.4, 0.5) is 11.4 Å². The number of benzene rings is 1. The fourth-order valence-corrected chi connectivity index (χ4v) is 3.01. The lowest BCUT2D eigenvalue weighted by Gasteiger charge is -2.36. The summed E-state index contributed by atoms with van der Waals surface area (Å²) in [6, 6.07) is 5.38. The van der Waals surface area contributed by atoms with Gasteiger partial charge >= 0.3 is 5.97 Å². The van der Waals surface area contributed by atoms with Crippen molar-refractivity contribution in [1.82, 2.24) is 4.90 Å². The predicted octanol–water partition coefficient (Wildman–Crippen LogP) is 2.74. The molecule has 1 N–H and O–H groups in total. The number of esters is 1. The van der Waals surface area contributed by atoms with Gasteiger partial charge in [0.05, 0.1) is 24.0 Å². The second-order valence-corrected chi connectivity index (χ2v) is 6.30. The molecular weight excluding hydrogens is 318 g/mol. The van der Waals surface area contributed by atoms with Gasteiger partial charge in [-0.1, -0.05) is 20.3 Å². The van der Waals surface area contributed by atoms with E-state index in [1.54, 1.807) is 12.1 Å². The van der Waals surface area contributed by atoms with Crippen LogP contribution in [0.5, 0.6) is 0 Å². The van der Waals surface area contributed by atoms with E-state index in [0.717, 1.165) is 51.3 Å². The number of anilines is 2. The molecule has 1 amide bonds. The highest BCUT2D eigenvalue weighted by atomic mass is 16.5. The van der Waals surface area contributed by atoms with Crippen molar-refractivity contribution in [3.8, 4) is 0 Å². The third-order valence-electron chi connectivity index (χ3n) is 4.61. The Morgan fingerprint density at radius 2 is 1.88 bits per heavy atom. The lowest BCUT2D eigenvalue weighted by atomic mass is 10.1. The quantitative estimate of drug-likeness (QED) is 0.769. The molecule has 0 radical (unpaired) electrons. The van der Waals surface area contributed by atoms with Crippen LogP contribution in [0.25, 0.3) is 0 Å². The molecule has 2 rings (SSSR count). The fourth-order valence-electron chi connectivity index (χ4n) is 3.01. The molecule has 6 nitrogen and oxygen atoms in total. The normalized spacial score (nSPS) is 15.1. The van der Waals surface area contributed by atoms with E-state index in [-0.39, 0.29) is 5.91 Å². The molecule has 6 heteroatoms. The maximum atomic E-state index is 12.2. The Bertz CT molecular complexity index is 596. The van der Waals surface area contributed by atoms with Crippen molar-refractivity contribution in [3.63, 3.8) is 0 Å². The molecule has 138 valence electrons. The Hall–Kier alpha value is -2.08. The zero-order valence-electron chi connectivity index (χ0n) is 15.5. The van der Waals surface area contributed by atoms with Crippen molar-refractivity contribution < 1.29 is 14.3 Å². The van der Waals surface area contributed by atoms with E-state index >= 15 is 0 Å². The average Bonchev–Trinajstić information content (AvgIpc) is 2.65. The summed E-state index contributed by atoms with van der Waals surface area (Å²) < 4.78 is 4.80. The zero-order chi connectivity index (χ0) is 18.2. The molecule has 0 spiro atoms. The Morgan fingerprint density at radius 1 is 1.16 bits per heavy atom. The fraction of sp³-hybridized carbons (Fsp3) is 0.579. The Kier molecular flexibility index (Phi) is 7.25. The van der Waals surface area contributed by atoms with Gasteiger partial charge in [-0.3, -0.25) is 4.79 Å². The molecule has 1 heterocycles. The Morgan fingerprint density at radius 3 is 2.48 bits per heavy atom. The molecule has 0 aliphatic carbocycles. The van der Waals surface area contributed by atoms with Gasteiger partial charge in [-0.2, -0.15) is 0 Å². The number of methoxy groups -OCH3 is 1. The summed E-state index contributed by atoms with van der Waals surface area (Å²) in [7, 11) is 1.36. The summed E-state index contributed by atoms with van der Waals surface area (Å²) in [5.74, 6) is -0.413. The average molecular weight is 347 g/mol. The number of piperazine rings is 1. The van der Waals surface area contributed by atoms with Gasteiger partial charge in [-0.05, 0) is 31.2 Å². The lowest BCUT2D eigenvalue weighted by Crippen LogP contribution is -2.46. The van der Waals surface area contributed by atoms with E-state index < -0.39 is 5.97 Å². The molecule has 1 aromatic carbocycles. The third kappa shape index (κ3) is 5.19. The summed E-state index contributed by atoms with van der Waals surface area (Å²) in [5.41, 5.74) is 2.10. The molecule has 25 heavy (non-hydrogen) atoms. The maximum Gasteiger partial charge on any atom is 0.337 e. The first-order valence-electron chi connectivity index (χ1n) is 9.08. The molecule has 0 bridgehead atoms. The van der Waals surface area contributed by atoms with E-state index in [0.29, 0.717) is 17.7 Å². The number of nitrogens with zero attached hydrogens (tertiary/aromatic N) is 2. The molecule has 1 aliphatic heterocycles. The van der Waals surface area contributed by atoms with Gasteiger partial charge in [-0.25, -0.2) is 4.79 Å². The largest absolute Gasteiger partial charge is 0.465 e. The van der Waals surface area contributed by atoms with Gasteiger partial charge in [0.1, 0.15) is 0 Å². The van der Waals surface area contributed by atoms with Crippen LogP contribution in [0.1, 0.15) is 43.5 Å². The first-order chi connectivity index (χ1) is 12.1. The SMILES string of the molecule is CCCCC(=O)Nc1cc(C(=O)OC)ccc1N1CCN(CC)CC1. The van der Waals surface area contributed by atoms with Crippen molar-refractivity contribution >= 4 is 23.3 Å². The van der Waals surface area contributed by atoms with E-state index in [9.17, 15) is 9.59 Å². The number of hydrogen-bond acceptors (Lipinski definition) is 5. The highest BCUT2D eigenvalue weighted by Gasteiger charge is 2.20. The number of hydrogen-bond donors (Lipinski definition) is 1. The number of nitrogens with one attached hydrogen (secondary N) is 1. The molecule has 1 saturated heterocycles. The first-order valence-corrected chi connectivity index (χ1v) is 9.08. The van der Waals surface area contributed by atoms with Gasteiger partial charge in [0.25, 0.3) is 0 Å². The molecule has 0 aromatic heterocycles. The second kappa shape index (κ2) is 9.42. The molecule has 0 unspecified atom stereocenters. The molecule has 1 fully saturated rings. The van der Waals surface area contributed by atoms with Crippen LogP contribution in [0, 0.1) is 0 Å². The molecular formula is C19H29N3O3. The number of carbonyl (C=O) groups is 2. The summed E-state index contributed by atoms with van der Waals surface area (Å²) in [4.78, 5) is 28.7. The van der Waals surface area contributed by atoms with Crippen LogP contribution >= 0.6 is 0 Å². The van der Waals surface area contributed by atoms with Crippen LogP contribution in [-0.4, -0.2) is 56.6 Å². The van der Waals surface area contributed by atoms with Crippen LogP contribution in [0.2, 0.25) is 0 Å². The monoisotopic (exact) mass is 347 g/mol. The smallest absolute Gasteiger partial charge is 0.337 e. The topological polar surface area (TPSA) is 61.9 Å². The number of carbonyl (C=O) groups excluding carboxylic acids is 2. The second-order valence-electron chi connectivity index (χ2n) is 6.30. The molecule has 0 atom stereocenters. The van der Waals surface area contributed by atoms with Crippen LogP contribution in [0.3, 0.4) is 0 Å². The maximum absolute atomic E-state index is 12.2. The third-order valence-corrected chi connectivity index (χ3v) is 4.61. The van der Waals surface area contributed by atoms with Crippen LogP contribution in [0.15, 0.2) is 18.2 Å². The predicted molar refractivity (Wildman–Crippen MR) is 100 cm³/mol. The highest BCUT2D eigenvalue weighted by Crippen LogP contribution is 2.29. The standard InChI is InChI=1S/C19H29N3O3/c1-4-6-7-18(23)20-16-14-15(19(24)25-3)8-9-17(16)22-12-10-21(5-2)11-13-22/h8-9,14H,4-7,10-13H2,1-3H3,(H,20,23). The number of ether oxygens (including phenoxy) is 1. The summed E-state index contributed by atoms with van der Waals surface area (Å²) in [5, 5.41) is 2.99. The minimum absolute atomic E-state index is 0.0164. The van der Waals surface area contributed by atoms with E-state index in [2.05, 4.69) is 29.0 Å². The van der Waals surface area contributed by atoms with Gasteiger partial charge < -0.3 is 19.9 Å². The van der Waals surface area contributed by atoms with Crippen molar-refractivity contribution in [3.05, 3.63) is 23.8 Å². The Labute approximate surface area is 150 Å². The van der Waals surface area contributed by atoms with Crippen molar-refractivity contribution in [2.75, 3.05) is 50.1 Å². The van der Waals surface area contributed by atoms with E-state index in [1.807, 2.05) is 6.07 Å². The first kappa shape index (κ1) is 19.2. The van der Waals surface area contributed by atoms with E-state index in [1.165, 1.54) is 7.11 Å². The number of likely N-dealkylation sites (N-methyl/N-ethyl adjacent to an activating group) is 1. The van der Waals surface area contributed by atoms with Crippen molar-refractivity contribution in [1.29, 1.82) is 0 Å². The summed E-state index contributed by atoms with van der Waals surface area (Å²) >= 11 is 0. The minimum atomic E-state index is -0.397. The van der Waals surface area contributed by atoms with E-state index in [4.69, 9.17) is 4.74 Å². The number of amides is 1. The van der Waals surface area contributed by atoms with Gasteiger partial charge in [-0.15, -0.1) is 0 Å². The summed E-state index contributed by atoms with van der Waals surface area (Å²) in [6.07, 6.45) is 2.32. The lowest BCUT2D eigenvalue weighted by molar-refractivity contribution is -0.116. The molecule has 0 saturated carbocycles. The highest BCUT2D eigenvalue weighted by molar-refractivity contribution is 5.98. The molecule has 1 aromatic rings. The van der Waals surface area contributed by atoms with Gasteiger partial charge in [0, 0.05) is 32.6 Å². The van der Waals surface area contributed by atoms with Gasteiger partial charge in [0.2, 0.25) is 5.91 Å². The number of unbranched alkanes of at least 4 members (excludes halogenated alkanes) is 1. The number of rotatable bonds is 7. The summed E-state index contributed by atoms with van der Waals surface area (Å²) in [6.45, 7) is 9.09. The zero-order valence-corrected chi connectivity index (χ0v) is 15.5. The van der Waals surface area contributed by atoms with Crippen molar-refractivity contribution in [2.24, 2.45) is 0 Å². The van der Waals surface area contributed by atoms with Crippen molar-refractivity contribution in [2.45, 2.75) is 33.1 Å². The van der Waals surface area contributed by atoms with Crippen LogP contribution < -0.4 is 10.2 Å². The minimum Gasteiger partial charge on any atom is -0.465 e. The molecule has 1 aliphatic rings. The Balaban J connectivity index is 2.21. The van der Waals surface area contributed by atoms with Crippen LogP contribution in [-0.2, 0) is 9.53 Å².